The van der Waals surface area contributed by atoms with Crippen LogP contribution in [0.15, 0.2) is 0 Å². The van der Waals surface area contributed by atoms with Crippen LogP contribution in [-0.4, -0.2) is 30.2 Å². The molecular weight excluding hydrogens is 218 g/mol. The van der Waals surface area contributed by atoms with Crippen LogP contribution < -0.4 is 5.32 Å². The first-order valence-electron chi connectivity index (χ1n) is 5.07. The second-order valence-electron chi connectivity index (χ2n) is 4.31. The Morgan fingerprint density at radius 2 is 2.00 bits per heavy atom. The van der Waals surface area contributed by atoms with Gasteiger partial charge in [-0.3, -0.25) is 9.35 Å². The Kier molecular flexibility index (Phi) is 3.72. The van der Waals surface area contributed by atoms with E-state index in [0.717, 1.165) is 0 Å². The summed E-state index contributed by atoms with van der Waals surface area (Å²) < 4.78 is 30.5. The zero-order valence-corrected chi connectivity index (χ0v) is 9.75. The molecule has 1 saturated carbocycles. The van der Waals surface area contributed by atoms with Gasteiger partial charge in [-0.15, -0.1) is 0 Å². The number of nitrogens with one attached hydrogen (secondary N) is 1. The lowest BCUT2D eigenvalue weighted by molar-refractivity contribution is -0.124. The van der Waals surface area contributed by atoms with Crippen LogP contribution in [0.1, 0.15) is 33.1 Å². The molecule has 0 bridgehead atoms. The van der Waals surface area contributed by atoms with Crippen LogP contribution in [0.2, 0.25) is 0 Å². The van der Waals surface area contributed by atoms with Gasteiger partial charge in [0.25, 0.3) is 10.1 Å². The maximum atomic E-state index is 11.3. The van der Waals surface area contributed by atoms with Gasteiger partial charge in [0.2, 0.25) is 5.91 Å². The Labute approximate surface area is 90.0 Å². The molecule has 1 rings (SSSR count). The zero-order valence-electron chi connectivity index (χ0n) is 8.93. The highest BCUT2D eigenvalue weighted by molar-refractivity contribution is 7.86. The number of rotatable bonds is 3. The topological polar surface area (TPSA) is 83.5 Å². The van der Waals surface area contributed by atoms with Gasteiger partial charge in [0.1, 0.15) is 0 Å². The molecule has 0 aromatic rings. The molecule has 0 aliphatic heterocycles. The summed E-state index contributed by atoms with van der Waals surface area (Å²) >= 11 is 0. The van der Waals surface area contributed by atoms with E-state index in [4.69, 9.17) is 4.55 Å². The van der Waals surface area contributed by atoms with Crippen LogP contribution in [0.4, 0.5) is 0 Å². The first kappa shape index (κ1) is 12.4. The molecule has 0 aromatic heterocycles. The van der Waals surface area contributed by atoms with Crippen LogP contribution in [0.5, 0.6) is 0 Å². The molecule has 0 heterocycles. The van der Waals surface area contributed by atoms with Crippen molar-refractivity contribution in [2.24, 2.45) is 5.92 Å². The molecule has 0 spiro atoms. The molecular formula is C9H17NO4S. The van der Waals surface area contributed by atoms with E-state index >= 15 is 0 Å². The second kappa shape index (κ2) is 4.49. The molecule has 5 nitrogen and oxygen atoms in total. The van der Waals surface area contributed by atoms with Crippen LogP contribution in [0, 0.1) is 5.92 Å². The molecule has 0 saturated heterocycles. The van der Waals surface area contributed by atoms with Crippen molar-refractivity contribution in [2.75, 3.05) is 0 Å². The van der Waals surface area contributed by atoms with Crippen molar-refractivity contribution in [2.45, 2.75) is 44.4 Å². The molecule has 1 aliphatic rings. The Hall–Kier alpha value is -0.620. The molecule has 2 N–H and O–H groups in total. The standard InChI is InChI=1S/C9H17NO4S/c1-6(2)9(11)10-7-3-4-8(5-7)15(12,13)14/h6-8H,3-5H2,1-2H3,(H,10,11)(H,12,13,14). The maximum absolute atomic E-state index is 11.3. The Morgan fingerprint density at radius 1 is 1.40 bits per heavy atom. The van der Waals surface area contributed by atoms with E-state index in [0.29, 0.717) is 19.3 Å². The Morgan fingerprint density at radius 3 is 2.40 bits per heavy atom. The predicted octanol–water partition coefficient (Wildman–Crippen LogP) is 0.568. The van der Waals surface area contributed by atoms with Gasteiger partial charge in [-0.1, -0.05) is 13.8 Å². The van der Waals surface area contributed by atoms with E-state index in [-0.39, 0.29) is 17.9 Å². The van der Waals surface area contributed by atoms with Crippen LogP contribution in [0.3, 0.4) is 0 Å². The molecule has 1 aliphatic carbocycles. The minimum Gasteiger partial charge on any atom is -0.353 e. The Bertz CT molecular complexity index is 336. The number of amides is 1. The number of hydrogen-bond acceptors (Lipinski definition) is 3. The lowest BCUT2D eigenvalue weighted by Gasteiger charge is -2.14. The van der Waals surface area contributed by atoms with Crippen LogP contribution in [0.25, 0.3) is 0 Å². The van der Waals surface area contributed by atoms with Crippen molar-refractivity contribution in [3.05, 3.63) is 0 Å². The summed E-state index contributed by atoms with van der Waals surface area (Å²) in [5, 5.41) is 2.05. The molecule has 1 fully saturated rings. The third-order valence-corrected chi connectivity index (χ3v) is 3.95. The largest absolute Gasteiger partial charge is 0.353 e. The lowest BCUT2D eigenvalue weighted by Crippen LogP contribution is -2.36. The van der Waals surface area contributed by atoms with Gasteiger partial charge >= 0.3 is 0 Å². The van der Waals surface area contributed by atoms with Crippen LogP contribution in [-0.2, 0) is 14.9 Å². The molecule has 0 radical (unpaired) electrons. The molecule has 15 heavy (non-hydrogen) atoms. The SMILES string of the molecule is CC(C)C(=O)NC1CCC(S(=O)(=O)O)C1. The second-order valence-corrected chi connectivity index (χ2v) is 6.01. The minimum absolute atomic E-state index is 0.0732. The summed E-state index contributed by atoms with van der Waals surface area (Å²) in [6.45, 7) is 3.56. The highest BCUT2D eigenvalue weighted by atomic mass is 32.2. The number of carbonyl (C=O) groups excluding carboxylic acids is 1. The summed E-state index contributed by atoms with van der Waals surface area (Å²) in [7, 11) is -3.94. The highest BCUT2D eigenvalue weighted by Gasteiger charge is 2.33. The average molecular weight is 235 g/mol. The summed E-state index contributed by atoms with van der Waals surface area (Å²) in [6, 6.07) is -0.119. The van der Waals surface area contributed by atoms with E-state index in [1.54, 1.807) is 13.8 Å². The van der Waals surface area contributed by atoms with Crippen molar-refractivity contribution in [1.29, 1.82) is 0 Å². The van der Waals surface area contributed by atoms with E-state index in [1.165, 1.54) is 0 Å². The predicted molar refractivity (Wildman–Crippen MR) is 56.0 cm³/mol. The fraction of sp³-hybridized carbons (Fsp3) is 0.889. The molecule has 1 amide bonds. The van der Waals surface area contributed by atoms with Gasteiger partial charge in [0, 0.05) is 12.0 Å². The smallest absolute Gasteiger partial charge is 0.267 e. The molecule has 0 aromatic carbocycles. The first-order valence-corrected chi connectivity index (χ1v) is 6.57. The average Bonchev–Trinajstić information content (AvgIpc) is 2.51. The van der Waals surface area contributed by atoms with Crippen LogP contribution >= 0.6 is 0 Å². The van der Waals surface area contributed by atoms with Crippen molar-refractivity contribution in [3.8, 4) is 0 Å². The Balaban J connectivity index is 2.48. The number of hydrogen-bond donors (Lipinski definition) is 2. The van der Waals surface area contributed by atoms with Gasteiger partial charge in [-0.2, -0.15) is 8.42 Å². The minimum atomic E-state index is -3.94. The van der Waals surface area contributed by atoms with Gasteiger partial charge in [-0.25, -0.2) is 0 Å². The van der Waals surface area contributed by atoms with Crippen molar-refractivity contribution in [1.82, 2.24) is 5.32 Å². The third kappa shape index (κ3) is 3.46. The van der Waals surface area contributed by atoms with Crippen molar-refractivity contribution < 1.29 is 17.8 Å². The normalized spacial score (nSPS) is 26.9. The first-order chi connectivity index (χ1) is 6.80. The zero-order chi connectivity index (χ0) is 11.6. The van der Waals surface area contributed by atoms with Crippen molar-refractivity contribution in [3.63, 3.8) is 0 Å². The van der Waals surface area contributed by atoms with Gasteiger partial charge < -0.3 is 5.32 Å². The molecule has 2 unspecified atom stereocenters. The number of carbonyl (C=O) groups is 1. The fourth-order valence-electron chi connectivity index (χ4n) is 1.71. The van der Waals surface area contributed by atoms with Gasteiger partial charge in [0.05, 0.1) is 5.25 Å². The molecule has 6 heteroatoms. The van der Waals surface area contributed by atoms with E-state index in [9.17, 15) is 13.2 Å². The van der Waals surface area contributed by atoms with E-state index in [2.05, 4.69) is 5.32 Å². The molecule has 88 valence electrons. The summed E-state index contributed by atoms with van der Waals surface area (Å²) in [5.74, 6) is -0.175. The van der Waals surface area contributed by atoms with Gasteiger partial charge in [-0.05, 0) is 19.3 Å². The van der Waals surface area contributed by atoms with Crippen molar-refractivity contribution >= 4 is 16.0 Å². The van der Waals surface area contributed by atoms with Gasteiger partial charge in [0.15, 0.2) is 0 Å². The quantitative estimate of drug-likeness (QED) is 0.700. The highest BCUT2D eigenvalue weighted by Crippen LogP contribution is 2.24. The maximum Gasteiger partial charge on any atom is 0.267 e. The fourth-order valence-corrected chi connectivity index (χ4v) is 2.62. The van der Waals surface area contributed by atoms with E-state index < -0.39 is 15.4 Å². The van der Waals surface area contributed by atoms with E-state index in [1.807, 2.05) is 0 Å². The summed E-state index contributed by atoms with van der Waals surface area (Å²) in [4.78, 5) is 11.3. The third-order valence-electron chi connectivity index (χ3n) is 2.68. The summed E-state index contributed by atoms with van der Waals surface area (Å²) in [5.41, 5.74) is 0. The molecule has 2 atom stereocenters. The monoisotopic (exact) mass is 235 g/mol. The lowest BCUT2D eigenvalue weighted by atomic mass is 10.2. The summed E-state index contributed by atoms with van der Waals surface area (Å²) in [6.07, 6.45) is 1.35.